The summed E-state index contributed by atoms with van der Waals surface area (Å²) in [7, 11) is 0. The molecule has 1 saturated heterocycles. The number of nitrogens with zero attached hydrogens (tertiary/aromatic N) is 1. The van der Waals surface area contributed by atoms with Crippen molar-refractivity contribution in [2.75, 3.05) is 13.1 Å². The molecule has 0 spiro atoms. The van der Waals surface area contributed by atoms with Crippen LogP contribution in [0.15, 0.2) is 0 Å². The summed E-state index contributed by atoms with van der Waals surface area (Å²) < 4.78 is 0. The molecule has 17 heavy (non-hydrogen) atoms. The molecule has 0 aromatic rings. The Morgan fingerprint density at radius 2 is 1.88 bits per heavy atom. The first-order valence-electron chi connectivity index (χ1n) is 7.63. The molecule has 100 valence electrons. The number of rotatable bonds is 3. The van der Waals surface area contributed by atoms with Crippen molar-refractivity contribution < 1.29 is 0 Å². The second kappa shape index (κ2) is 5.71. The zero-order chi connectivity index (χ0) is 12.3. The van der Waals surface area contributed by atoms with Gasteiger partial charge in [-0.25, -0.2) is 0 Å². The Bertz CT molecular complexity index is 226. The Balaban J connectivity index is 2.01. The van der Waals surface area contributed by atoms with E-state index in [-0.39, 0.29) is 0 Å². The first kappa shape index (κ1) is 13.4. The summed E-state index contributed by atoms with van der Waals surface area (Å²) in [6, 6.07) is 1.66. The first-order chi connectivity index (χ1) is 8.12. The van der Waals surface area contributed by atoms with E-state index in [9.17, 15) is 0 Å². The van der Waals surface area contributed by atoms with E-state index in [2.05, 4.69) is 31.0 Å². The Kier molecular flexibility index (Phi) is 4.48. The van der Waals surface area contributed by atoms with Gasteiger partial charge in [-0.15, -0.1) is 0 Å². The highest BCUT2D eigenvalue weighted by molar-refractivity contribution is 4.95. The molecule has 0 aromatic carbocycles. The van der Waals surface area contributed by atoms with Crippen LogP contribution in [0.5, 0.6) is 0 Å². The van der Waals surface area contributed by atoms with Gasteiger partial charge in [-0.1, -0.05) is 32.6 Å². The van der Waals surface area contributed by atoms with Gasteiger partial charge in [-0.3, -0.25) is 4.90 Å². The van der Waals surface area contributed by atoms with Crippen LogP contribution in [0.3, 0.4) is 0 Å². The fourth-order valence-corrected chi connectivity index (χ4v) is 3.59. The zero-order valence-electron chi connectivity index (χ0n) is 12.0. The molecule has 1 aliphatic heterocycles. The number of hydrogen-bond acceptors (Lipinski definition) is 2. The summed E-state index contributed by atoms with van der Waals surface area (Å²) >= 11 is 0. The van der Waals surface area contributed by atoms with E-state index in [0.717, 1.165) is 12.1 Å². The molecule has 1 N–H and O–H groups in total. The van der Waals surface area contributed by atoms with Crippen molar-refractivity contribution in [3.05, 3.63) is 0 Å². The van der Waals surface area contributed by atoms with Crippen LogP contribution >= 0.6 is 0 Å². The van der Waals surface area contributed by atoms with Crippen molar-refractivity contribution >= 4 is 0 Å². The lowest BCUT2D eigenvalue weighted by Crippen LogP contribution is -2.64. The van der Waals surface area contributed by atoms with E-state index in [1.165, 1.54) is 58.0 Å². The van der Waals surface area contributed by atoms with Gasteiger partial charge in [-0.05, 0) is 33.1 Å². The third kappa shape index (κ3) is 3.45. The van der Waals surface area contributed by atoms with Crippen molar-refractivity contribution in [2.45, 2.75) is 83.3 Å². The van der Waals surface area contributed by atoms with Crippen molar-refractivity contribution in [3.63, 3.8) is 0 Å². The largest absolute Gasteiger partial charge is 0.309 e. The highest BCUT2D eigenvalue weighted by Crippen LogP contribution is 2.28. The van der Waals surface area contributed by atoms with Gasteiger partial charge in [0.2, 0.25) is 0 Å². The molecule has 2 aliphatic rings. The Labute approximate surface area is 107 Å². The molecule has 1 saturated carbocycles. The predicted octanol–water partition coefficient (Wildman–Crippen LogP) is 3.17. The minimum atomic E-state index is 0.307. The predicted molar refractivity (Wildman–Crippen MR) is 74.4 cm³/mol. The number of nitrogens with one attached hydrogen (secondary N) is 1. The topological polar surface area (TPSA) is 15.3 Å². The summed E-state index contributed by atoms with van der Waals surface area (Å²) in [5, 5.41) is 3.72. The molecule has 1 atom stereocenters. The Morgan fingerprint density at radius 3 is 2.53 bits per heavy atom. The van der Waals surface area contributed by atoms with Crippen LogP contribution in [0.4, 0.5) is 0 Å². The lowest BCUT2D eigenvalue weighted by atomic mass is 9.88. The third-order valence-corrected chi connectivity index (χ3v) is 4.53. The second-order valence-corrected chi connectivity index (χ2v) is 6.67. The fourth-order valence-electron chi connectivity index (χ4n) is 3.59. The maximum absolute atomic E-state index is 3.72. The molecule has 2 rings (SSSR count). The van der Waals surface area contributed by atoms with Gasteiger partial charge in [0, 0.05) is 30.7 Å². The van der Waals surface area contributed by atoms with E-state index in [1.807, 2.05) is 0 Å². The maximum atomic E-state index is 3.72. The molecular formula is C15H30N2. The van der Waals surface area contributed by atoms with Crippen molar-refractivity contribution in [3.8, 4) is 0 Å². The minimum Gasteiger partial charge on any atom is -0.309 e. The van der Waals surface area contributed by atoms with E-state index < -0.39 is 0 Å². The lowest BCUT2D eigenvalue weighted by Gasteiger charge is -2.49. The Hall–Kier alpha value is -0.0800. The summed E-state index contributed by atoms with van der Waals surface area (Å²) in [4.78, 5) is 2.85. The van der Waals surface area contributed by atoms with Crippen molar-refractivity contribution in [1.29, 1.82) is 0 Å². The van der Waals surface area contributed by atoms with Crippen LogP contribution in [-0.2, 0) is 0 Å². The molecule has 0 bridgehead atoms. The maximum Gasteiger partial charge on any atom is 0.0253 e. The monoisotopic (exact) mass is 238 g/mol. The van der Waals surface area contributed by atoms with E-state index in [1.54, 1.807) is 0 Å². The smallest absolute Gasteiger partial charge is 0.0253 e. The summed E-state index contributed by atoms with van der Waals surface area (Å²) in [5.41, 5.74) is 0.307. The third-order valence-electron chi connectivity index (χ3n) is 4.53. The molecular weight excluding hydrogens is 208 g/mol. The summed E-state index contributed by atoms with van der Waals surface area (Å²) in [5.74, 6) is 0. The summed E-state index contributed by atoms with van der Waals surface area (Å²) in [6.07, 6.45) is 9.92. The van der Waals surface area contributed by atoms with Gasteiger partial charge >= 0.3 is 0 Å². The van der Waals surface area contributed by atoms with Gasteiger partial charge in [0.15, 0.2) is 0 Å². The van der Waals surface area contributed by atoms with Crippen LogP contribution in [0.2, 0.25) is 0 Å². The SMILES string of the molecule is CCCC1CNC(C)(C)CN1C1CCCCC1. The van der Waals surface area contributed by atoms with Gasteiger partial charge in [0.05, 0.1) is 0 Å². The van der Waals surface area contributed by atoms with Gasteiger partial charge in [0.1, 0.15) is 0 Å². The van der Waals surface area contributed by atoms with Gasteiger partial charge < -0.3 is 5.32 Å². The molecule has 2 fully saturated rings. The van der Waals surface area contributed by atoms with Crippen molar-refractivity contribution in [2.24, 2.45) is 0 Å². The highest BCUT2D eigenvalue weighted by Gasteiger charge is 2.36. The highest BCUT2D eigenvalue weighted by atomic mass is 15.3. The molecule has 0 amide bonds. The van der Waals surface area contributed by atoms with E-state index in [4.69, 9.17) is 0 Å². The molecule has 0 radical (unpaired) electrons. The zero-order valence-corrected chi connectivity index (χ0v) is 12.0. The van der Waals surface area contributed by atoms with Crippen LogP contribution < -0.4 is 5.32 Å². The average Bonchev–Trinajstić information content (AvgIpc) is 2.32. The molecule has 1 heterocycles. The molecule has 2 nitrogen and oxygen atoms in total. The van der Waals surface area contributed by atoms with E-state index in [0.29, 0.717) is 5.54 Å². The summed E-state index contributed by atoms with van der Waals surface area (Å²) in [6.45, 7) is 9.45. The fraction of sp³-hybridized carbons (Fsp3) is 1.00. The van der Waals surface area contributed by atoms with Crippen LogP contribution in [-0.4, -0.2) is 35.6 Å². The first-order valence-corrected chi connectivity index (χ1v) is 7.63. The molecule has 2 heteroatoms. The second-order valence-electron chi connectivity index (χ2n) is 6.67. The quantitative estimate of drug-likeness (QED) is 0.812. The average molecular weight is 238 g/mol. The van der Waals surface area contributed by atoms with Gasteiger partial charge in [-0.2, -0.15) is 0 Å². The number of hydrogen-bond donors (Lipinski definition) is 1. The molecule has 1 unspecified atom stereocenters. The van der Waals surface area contributed by atoms with Crippen LogP contribution in [0.1, 0.15) is 65.7 Å². The van der Waals surface area contributed by atoms with E-state index >= 15 is 0 Å². The standard InChI is InChI=1S/C15H30N2/c1-4-8-14-11-16-15(2,3)12-17(14)13-9-6-5-7-10-13/h13-14,16H,4-12H2,1-3H3. The minimum absolute atomic E-state index is 0.307. The lowest BCUT2D eigenvalue weighted by molar-refractivity contribution is 0.0340. The van der Waals surface area contributed by atoms with Crippen LogP contribution in [0.25, 0.3) is 0 Å². The Morgan fingerprint density at radius 1 is 1.18 bits per heavy atom. The number of piperazine rings is 1. The van der Waals surface area contributed by atoms with Crippen LogP contribution in [0, 0.1) is 0 Å². The van der Waals surface area contributed by atoms with Crippen molar-refractivity contribution in [1.82, 2.24) is 10.2 Å². The molecule has 1 aliphatic carbocycles. The normalized spacial score (nSPS) is 31.6. The van der Waals surface area contributed by atoms with Gasteiger partial charge in [0.25, 0.3) is 0 Å². The molecule has 0 aromatic heterocycles.